The summed E-state index contributed by atoms with van der Waals surface area (Å²) in [7, 11) is 4.32. The number of likely N-dealkylation sites (tertiary alicyclic amines) is 2. The van der Waals surface area contributed by atoms with Crippen LogP contribution in [0, 0.1) is 18.0 Å². The van der Waals surface area contributed by atoms with Gasteiger partial charge in [-0.25, -0.2) is 19.9 Å². The van der Waals surface area contributed by atoms with E-state index in [1.807, 2.05) is 12.4 Å². The minimum atomic E-state index is -0.298. The second-order valence-corrected chi connectivity index (χ2v) is 18.8. The molecule has 2 saturated carbocycles. The van der Waals surface area contributed by atoms with Gasteiger partial charge in [-0.15, -0.1) is 0 Å². The van der Waals surface area contributed by atoms with Crippen molar-refractivity contribution >= 4 is 84.7 Å². The van der Waals surface area contributed by atoms with Crippen LogP contribution in [0.15, 0.2) is 85.7 Å². The van der Waals surface area contributed by atoms with Crippen LogP contribution in [0.3, 0.4) is 0 Å². The third-order valence-corrected chi connectivity index (χ3v) is 14.3. The molecule has 2 unspecified atom stereocenters. The van der Waals surface area contributed by atoms with Gasteiger partial charge < -0.3 is 19.8 Å². The van der Waals surface area contributed by atoms with E-state index in [-0.39, 0.29) is 28.7 Å². The number of rotatable bonds is 10. The van der Waals surface area contributed by atoms with Crippen molar-refractivity contribution in [2.24, 2.45) is 10.8 Å². The smallest absolute Gasteiger partial charge is 0.176 e. The summed E-state index contributed by atoms with van der Waals surface area (Å²) < 4.78 is 2.35. The normalized spacial score (nSPS) is 20.7. The Bertz CT molecular complexity index is 2170. The van der Waals surface area contributed by atoms with Gasteiger partial charge in [0.1, 0.15) is 35.6 Å². The van der Waals surface area contributed by atoms with E-state index in [9.17, 15) is 0 Å². The van der Waals surface area contributed by atoms with Gasteiger partial charge in [-0.05, 0) is 129 Å². The second kappa shape index (κ2) is 13.2. The van der Waals surface area contributed by atoms with Crippen LogP contribution in [0.4, 0.5) is 11.6 Å². The molecule has 0 amide bonds. The van der Waals surface area contributed by atoms with E-state index < -0.39 is 0 Å². The summed E-state index contributed by atoms with van der Waals surface area (Å²) in [6, 6.07) is 21.6. The quantitative estimate of drug-likeness (QED) is 0.141. The van der Waals surface area contributed by atoms with E-state index in [2.05, 4.69) is 169 Å². The molecule has 13 heteroatoms. The Morgan fingerprint density at radius 3 is 1.43 bits per heavy atom. The molecule has 11 nitrogen and oxygen atoms in total. The average molecular weight is 945 g/mol. The molecule has 2 saturated heterocycles. The molecular weight excluding hydrogens is 902 g/mol. The number of anilines is 2. The Morgan fingerprint density at radius 2 is 1.04 bits per heavy atom. The van der Waals surface area contributed by atoms with E-state index in [0.717, 1.165) is 96.7 Å². The molecule has 54 heavy (non-hydrogen) atoms. The topological polar surface area (TPSA) is 113 Å². The first-order valence-corrected chi connectivity index (χ1v) is 20.9. The van der Waals surface area contributed by atoms with Gasteiger partial charge in [0.05, 0.1) is 22.9 Å². The zero-order valence-corrected chi connectivity index (χ0v) is 34.6. The van der Waals surface area contributed by atoms with E-state index in [1.165, 1.54) is 7.14 Å². The number of Topliss-reactive ketones (excluding diaryl/α,β-unsaturated/α-hetero) is 1. The number of ketones is 1. The first kappa shape index (κ1) is 34.8. The lowest BCUT2D eigenvalue weighted by molar-refractivity contribution is -0.153. The van der Waals surface area contributed by atoms with Gasteiger partial charge >= 0.3 is 0 Å². The number of benzene rings is 2. The minimum Gasteiger partial charge on any atom is -0.356 e. The number of carbonyl (C=O) groups excluding carboxylic acids is 1. The highest BCUT2D eigenvalue weighted by atomic mass is 127. The van der Waals surface area contributed by atoms with Crippen LogP contribution in [0.2, 0.25) is 0 Å². The molecule has 2 aliphatic heterocycles. The average Bonchev–Trinajstić information content (AvgIpc) is 3.80. The molecule has 2 aliphatic carbocycles. The maximum absolute atomic E-state index is 15.3. The number of aromatic nitrogens is 6. The van der Waals surface area contributed by atoms with Crippen molar-refractivity contribution in [2.45, 2.75) is 49.9 Å². The highest BCUT2D eigenvalue weighted by molar-refractivity contribution is 14.1. The summed E-state index contributed by atoms with van der Waals surface area (Å²) in [5, 5.41) is 2.12. The fourth-order valence-corrected chi connectivity index (χ4v) is 10.8. The number of H-pyrrole nitrogens is 2. The van der Waals surface area contributed by atoms with Crippen molar-refractivity contribution < 1.29 is 4.79 Å². The first-order valence-electron chi connectivity index (χ1n) is 18.7. The predicted octanol–water partition coefficient (Wildman–Crippen LogP) is 6.99. The van der Waals surface area contributed by atoms with Gasteiger partial charge in [-0.2, -0.15) is 0 Å². The molecule has 2 aromatic carbocycles. The molecule has 4 aromatic heterocycles. The lowest BCUT2D eigenvalue weighted by atomic mass is 9.59. The monoisotopic (exact) mass is 944 g/mol. The zero-order valence-electron chi connectivity index (χ0n) is 30.3. The largest absolute Gasteiger partial charge is 0.356 e. The van der Waals surface area contributed by atoms with Crippen LogP contribution < -0.4 is 9.80 Å². The molecule has 276 valence electrons. The van der Waals surface area contributed by atoms with E-state index in [0.29, 0.717) is 12.1 Å². The fraction of sp³-hybridized carbons (Fsp3) is 0.390. The number of aromatic amines is 2. The van der Waals surface area contributed by atoms with Crippen molar-refractivity contribution in [3.8, 4) is 0 Å². The maximum Gasteiger partial charge on any atom is 0.176 e. The third kappa shape index (κ3) is 5.83. The SMILES string of the molecule is CN(c1ncnc2[nH]ccc12)C1CC2(C1)CN(C(C(=O)C(c1ccc(I)cc1)N1CC3(CC(N(C)c4ncnc5[nH]ccc45)C3)C1)c1ccc(I)cc1)C2. The van der Waals surface area contributed by atoms with E-state index in [4.69, 9.17) is 0 Å². The Balaban J connectivity index is 0.866. The van der Waals surface area contributed by atoms with Gasteiger partial charge in [0.2, 0.25) is 0 Å². The minimum absolute atomic E-state index is 0.229. The molecule has 2 spiro atoms. The summed E-state index contributed by atoms with van der Waals surface area (Å²) in [5.74, 6) is 2.25. The second-order valence-electron chi connectivity index (χ2n) is 16.3. The summed E-state index contributed by atoms with van der Waals surface area (Å²) in [5.41, 5.74) is 4.39. The molecule has 6 aromatic rings. The summed E-state index contributed by atoms with van der Waals surface area (Å²) in [6.45, 7) is 3.71. The molecule has 6 heterocycles. The van der Waals surface area contributed by atoms with Crippen LogP contribution in [0.1, 0.15) is 48.9 Å². The standard InChI is InChI=1S/C41H42I2N10O/c1-50(38-31-11-13-44-36(31)46-23-48-38)29-15-40(16-29)19-52(20-40)33(25-3-7-27(42)8-4-25)35(54)34(26-5-9-28(43)10-6-26)53-21-41(22-53)17-30(18-41)51(2)39-32-12-14-45-37(32)47-24-49-39/h3-14,23-24,29-30,33-34H,15-22H2,1-2H3,(H,44,46,48)(H,45,47,49). The number of hydrogen-bond donors (Lipinski definition) is 2. The van der Waals surface area contributed by atoms with Crippen molar-refractivity contribution in [2.75, 3.05) is 50.1 Å². The third-order valence-electron chi connectivity index (χ3n) is 12.9. The Hall–Kier alpha value is -3.67. The molecule has 0 radical (unpaired) electrons. The molecule has 0 bridgehead atoms. The zero-order chi connectivity index (χ0) is 36.8. The lowest BCUT2D eigenvalue weighted by Gasteiger charge is -2.64. The van der Waals surface area contributed by atoms with E-state index in [1.54, 1.807) is 12.7 Å². The van der Waals surface area contributed by atoms with Gasteiger partial charge in [0.15, 0.2) is 5.78 Å². The molecule has 4 fully saturated rings. The number of fused-ring (bicyclic) bond motifs is 2. The van der Waals surface area contributed by atoms with Gasteiger partial charge in [0, 0.05) is 71.9 Å². The van der Waals surface area contributed by atoms with Gasteiger partial charge in [-0.1, -0.05) is 24.3 Å². The van der Waals surface area contributed by atoms with Crippen molar-refractivity contribution in [1.82, 2.24) is 39.7 Å². The first-order chi connectivity index (χ1) is 26.2. The molecule has 10 rings (SSSR count). The molecule has 2 atom stereocenters. The van der Waals surface area contributed by atoms with Gasteiger partial charge in [0.25, 0.3) is 0 Å². The predicted molar refractivity (Wildman–Crippen MR) is 227 cm³/mol. The number of carbonyl (C=O) groups is 1. The van der Waals surface area contributed by atoms with E-state index >= 15 is 4.79 Å². The van der Waals surface area contributed by atoms with Crippen LogP contribution >= 0.6 is 45.2 Å². The summed E-state index contributed by atoms with van der Waals surface area (Å²) >= 11 is 4.72. The van der Waals surface area contributed by atoms with Crippen molar-refractivity contribution in [3.05, 3.63) is 104 Å². The van der Waals surface area contributed by atoms with Crippen LogP contribution in [0.25, 0.3) is 22.1 Å². The Morgan fingerprint density at radius 1 is 0.648 bits per heavy atom. The van der Waals surface area contributed by atoms with Crippen LogP contribution in [0.5, 0.6) is 0 Å². The van der Waals surface area contributed by atoms with Crippen molar-refractivity contribution in [1.29, 1.82) is 0 Å². The molecule has 4 aliphatic rings. The number of hydrogen-bond acceptors (Lipinski definition) is 9. The van der Waals surface area contributed by atoms with Crippen LogP contribution in [-0.4, -0.2) is 97.8 Å². The van der Waals surface area contributed by atoms with Crippen LogP contribution in [-0.2, 0) is 4.79 Å². The summed E-state index contributed by atoms with van der Waals surface area (Å²) in [6.07, 6.45) is 11.5. The Kier molecular flexibility index (Phi) is 8.52. The number of halogens is 2. The lowest BCUT2D eigenvalue weighted by Crippen LogP contribution is -2.69. The molecular formula is C41H42I2N10O. The van der Waals surface area contributed by atoms with Crippen molar-refractivity contribution in [3.63, 3.8) is 0 Å². The Labute approximate surface area is 341 Å². The maximum atomic E-state index is 15.3. The van der Waals surface area contributed by atoms with Gasteiger partial charge in [-0.3, -0.25) is 14.6 Å². The fourth-order valence-electron chi connectivity index (χ4n) is 10.1. The highest BCUT2D eigenvalue weighted by Gasteiger charge is 2.59. The number of nitrogens with one attached hydrogen (secondary N) is 2. The highest BCUT2D eigenvalue weighted by Crippen LogP contribution is 2.56. The summed E-state index contributed by atoms with van der Waals surface area (Å²) in [4.78, 5) is 49.4. The molecule has 2 N–H and O–H groups in total. The number of nitrogens with zero attached hydrogens (tertiary/aromatic N) is 8.